The third-order valence-electron chi connectivity index (χ3n) is 5.14. The molecule has 122 valence electrons. The number of quaternary nitrogens is 1. The van der Waals surface area contributed by atoms with E-state index >= 15 is 0 Å². The van der Waals surface area contributed by atoms with Crippen molar-refractivity contribution in [3.63, 3.8) is 0 Å². The monoisotopic (exact) mass is 304 g/mol. The van der Waals surface area contributed by atoms with Gasteiger partial charge >= 0.3 is 0 Å². The molecule has 3 heteroatoms. The summed E-state index contributed by atoms with van der Waals surface area (Å²) in [5.74, 6) is 0. The van der Waals surface area contributed by atoms with Crippen LogP contribution in [0.5, 0.6) is 0 Å². The Labute approximate surface area is 134 Å². The molecule has 1 aliphatic heterocycles. The molecule has 0 radical (unpaired) electrons. The van der Waals surface area contributed by atoms with Gasteiger partial charge in [0.15, 0.2) is 0 Å². The van der Waals surface area contributed by atoms with Crippen LogP contribution in [0.4, 0.5) is 0 Å². The number of nitrogens with one attached hydrogen (secondary N) is 1. The first-order valence-electron chi connectivity index (χ1n) is 9.04. The topological polar surface area (TPSA) is 33.9 Å². The predicted molar refractivity (Wildman–Crippen MR) is 88.1 cm³/mol. The summed E-state index contributed by atoms with van der Waals surface area (Å²) in [5.41, 5.74) is 2.76. The Morgan fingerprint density at radius 2 is 1.86 bits per heavy atom. The van der Waals surface area contributed by atoms with Crippen LogP contribution in [0, 0.1) is 0 Å². The van der Waals surface area contributed by atoms with E-state index in [4.69, 9.17) is 4.74 Å². The third kappa shape index (κ3) is 4.31. The van der Waals surface area contributed by atoms with E-state index in [1.165, 1.54) is 56.3 Å². The molecular formula is C19H30NO2+. The molecule has 2 aliphatic rings. The van der Waals surface area contributed by atoms with Crippen molar-refractivity contribution in [2.45, 2.75) is 57.2 Å². The van der Waals surface area contributed by atoms with Gasteiger partial charge in [-0.05, 0) is 56.1 Å². The van der Waals surface area contributed by atoms with Gasteiger partial charge in [0.2, 0.25) is 0 Å². The van der Waals surface area contributed by atoms with Gasteiger partial charge in [-0.15, -0.1) is 0 Å². The summed E-state index contributed by atoms with van der Waals surface area (Å²) in [6.07, 6.45) is 8.61. The van der Waals surface area contributed by atoms with Crippen LogP contribution in [0.1, 0.15) is 55.8 Å². The molecule has 0 spiro atoms. The van der Waals surface area contributed by atoms with Crippen LogP contribution in [0.25, 0.3) is 0 Å². The van der Waals surface area contributed by atoms with E-state index < -0.39 is 0 Å². The Hall–Kier alpha value is -0.900. The van der Waals surface area contributed by atoms with E-state index in [2.05, 4.69) is 24.3 Å². The normalized spacial score (nSPS) is 24.5. The summed E-state index contributed by atoms with van der Waals surface area (Å²) >= 11 is 0. The molecule has 1 aliphatic carbocycles. The number of rotatable bonds is 5. The average Bonchev–Trinajstić information content (AvgIpc) is 2.81. The molecule has 1 aromatic rings. The van der Waals surface area contributed by atoms with Gasteiger partial charge in [0.05, 0.1) is 25.8 Å². The minimum absolute atomic E-state index is 0.179. The van der Waals surface area contributed by atoms with Crippen molar-refractivity contribution in [1.82, 2.24) is 0 Å². The van der Waals surface area contributed by atoms with Crippen molar-refractivity contribution in [1.29, 1.82) is 0 Å². The lowest BCUT2D eigenvalue weighted by Crippen LogP contribution is -3.13. The van der Waals surface area contributed by atoms with E-state index in [1.54, 1.807) is 4.90 Å². The van der Waals surface area contributed by atoms with E-state index in [1.807, 2.05) is 0 Å². The predicted octanol–water partition coefficient (Wildman–Crippen LogP) is 1.90. The van der Waals surface area contributed by atoms with Crippen molar-refractivity contribution in [2.75, 3.05) is 26.2 Å². The van der Waals surface area contributed by atoms with E-state index in [9.17, 15) is 5.11 Å². The molecule has 3 nitrogen and oxygen atoms in total. The summed E-state index contributed by atoms with van der Waals surface area (Å²) in [4.78, 5) is 1.55. The highest BCUT2D eigenvalue weighted by Crippen LogP contribution is 2.32. The maximum atomic E-state index is 10.3. The van der Waals surface area contributed by atoms with Crippen LogP contribution in [0.2, 0.25) is 0 Å². The highest BCUT2D eigenvalue weighted by atomic mass is 16.5. The summed E-state index contributed by atoms with van der Waals surface area (Å²) in [7, 11) is 0. The minimum Gasteiger partial charge on any atom is -0.385 e. The summed E-state index contributed by atoms with van der Waals surface area (Å²) in [6.45, 7) is 3.74. The number of fused-ring (bicyclic) bond motifs is 1. The lowest BCUT2D eigenvalue weighted by molar-refractivity contribution is -0.902. The fourth-order valence-corrected chi connectivity index (χ4v) is 3.93. The van der Waals surface area contributed by atoms with Crippen molar-refractivity contribution in [2.24, 2.45) is 0 Å². The number of ether oxygens (including phenoxy) is 1. The molecule has 1 saturated heterocycles. The molecule has 1 aromatic carbocycles. The number of hydrogen-bond acceptors (Lipinski definition) is 2. The van der Waals surface area contributed by atoms with Crippen molar-refractivity contribution in [3.05, 3.63) is 35.4 Å². The standard InChI is InChI=1S/C19H29NO2/c21-17(14-20-12-5-1-2-6-13-20)15-22-19-11-7-9-16-8-3-4-10-18(16)19/h3-4,8,10,17,19,21H,1-2,5-7,9,11-15H2/p+1/t17-,19-/m1/s1. The Kier molecular flexibility index (Phi) is 5.88. The summed E-state index contributed by atoms with van der Waals surface area (Å²) in [6, 6.07) is 8.60. The molecule has 22 heavy (non-hydrogen) atoms. The van der Waals surface area contributed by atoms with Gasteiger partial charge in [-0.1, -0.05) is 24.3 Å². The van der Waals surface area contributed by atoms with Crippen LogP contribution in [0.15, 0.2) is 24.3 Å². The average molecular weight is 304 g/mol. The van der Waals surface area contributed by atoms with E-state index in [0.29, 0.717) is 6.61 Å². The summed E-state index contributed by atoms with van der Waals surface area (Å²) in [5, 5.41) is 10.3. The first-order chi connectivity index (χ1) is 10.8. The van der Waals surface area contributed by atoms with Crippen LogP contribution >= 0.6 is 0 Å². The molecule has 0 amide bonds. The zero-order chi connectivity index (χ0) is 15.2. The molecule has 3 rings (SSSR count). The second-order valence-corrected chi connectivity index (χ2v) is 6.94. The number of likely N-dealkylation sites (tertiary alicyclic amines) is 1. The summed E-state index contributed by atoms with van der Waals surface area (Å²) < 4.78 is 6.08. The Morgan fingerprint density at radius 3 is 2.68 bits per heavy atom. The number of aliphatic hydroxyl groups is 1. The lowest BCUT2D eigenvalue weighted by Gasteiger charge is -2.27. The largest absolute Gasteiger partial charge is 0.385 e. The van der Waals surface area contributed by atoms with Gasteiger partial charge < -0.3 is 14.7 Å². The van der Waals surface area contributed by atoms with Gasteiger partial charge in [-0.3, -0.25) is 0 Å². The van der Waals surface area contributed by atoms with Crippen LogP contribution in [-0.4, -0.2) is 37.5 Å². The molecule has 0 saturated carbocycles. The highest BCUT2D eigenvalue weighted by molar-refractivity contribution is 5.31. The molecule has 0 bridgehead atoms. The van der Waals surface area contributed by atoms with Gasteiger partial charge in [-0.2, -0.15) is 0 Å². The molecule has 1 heterocycles. The Bertz CT molecular complexity index is 455. The second-order valence-electron chi connectivity index (χ2n) is 6.94. The van der Waals surface area contributed by atoms with Crippen molar-refractivity contribution < 1.29 is 14.7 Å². The fourth-order valence-electron chi connectivity index (χ4n) is 3.93. The maximum absolute atomic E-state index is 10.3. The van der Waals surface area contributed by atoms with Crippen LogP contribution < -0.4 is 4.90 Å². The van der Waals surface area contributed by atoms with Crippen molar-refractivity contribution in [3.8, 4) is 0 Å². The molecule has 0 unspecified atom stereocenters. The van der Waals surface area contributed by atoms with Gasteiger partial charge in [0, 0.05) is 0 Å². The quantitative estimate of drug-likeness (QED) is 0.871. The number of aryl methyl sites for hydroxylation is 1. The maximum Gasteiger partial charge on any atom is 0.126 e. The molecule has 2 atom stereocenters. The molecule has 2 N–H and O–H groups in total. The van der Waals surface area contributed by atoms with Gasteiger partial charge in [0.1, 0.15) is 12.6 Å². The van der Waals surface area contributed by atoms with Gasteiger partial charge in [0.25, 0.3) is 0 Å². The molecule has 1 fully saturated rings. The van der Waals surface area contributed by atoms with Crippen molar-refractivity contribution >= 4 is 0 Å². The SMILES string of the molecule is O[C@@H](CO[C@@H]1CCCc2ccccc21)C[NH+]1CCCCCC1. The Balaban J connectivity index is 1.48. The Morgan fingerprint density at radius 1 is 1.09 bits per heavy atom. The molecular weight excluding hydrogens is 274 g/mol. The first kappa shape index (κ1) is 16.0. The minimum atomic E-state index is -0.331. The second kappa shape index (κ2) is 8.09. The fraction of sp³-hybridized carbons (Fsp3) is 0.684. The van der Waals surface area contributed by atoms with Crippen LogP contribution in [-0.2, 0) is 11.2 Å². The molecule has 0 aromatic heterocycles. The number of hydrogen-bond donors (Lipinski definition) is 2. The van der Waals surface area contributed by atoms with E-state index in [-0.39, 0.29) is 12.2 Å². The smallest absolute Gasteiger partial charge is 0.126 e. The zero-order valence-corrected chi connectivity index (χ0v) is 13.6. The zero-order valence-electron chi connectivity index (χ0n) is 13.6. The van der Waals surface area contributed by atoms with Crippen LogP contribution in [0.3, 0.4) is 0 Å². The highest BCUT2D eigenvalue weighted by Gasteiger charge is 2.23. The third-order valence-corrected chi connectivity index (χ3v) is 5.14. The van der Waals surface area contributed by atoms with E-state index in [0.717, 1.165) is 19.4 Å². The number of aliphatic hydroxyl groups excluding tert-OH is 1. The first-order valence-corrected chi connectivity index (χ1v) is 9.04. The lowest BCUT2D eigenvalue weighted by atomic mass is 9.89. The number of benzene rings is 1. The van der Waals surface area contributed by atoms with Gasteiger partial charge in [-0.25, -0.2) is 0 Å².